The average molecular weight is 317 g/mol. The van der Waals surface area contributed by atoms with Gasteiger partial charge in [0, 0.05) is 13.0 Å². The van der Waals surface area contributed by atoms with Crippen LogP contribution in [0.25, 0.3) is 0 Å². The molecule has 0 unspecified atom stereocenters. The molecule has 0 saturated carbocycles. The number of benzene rings is 1. The van der Waals surface area contributed by atoms with Gasteiger partial charge in [-0.25, -0.2) is 17.5 Å². The zero-order chi connectivity index (χ0) is 15.9. The van der Waals surface area contributed by atoms with Crippen molar-refractivity contribution in [2.75, 3.05) is 19.4 Å². The van der Waals surface area contributed by atoms with Gasteiger partial charge < -0.3 is 4.74 Å². The SMILES string of the molecule is COC(=O)CCCS(=O)(=O)NCCc1ccc(F)cc1C. The summed E-state index contributed by atoms with van der Waals surface area (Å²) >= 11 is 0. The Labute approximate surface area is 124 Å². The fourth-order valence-electron chi connectivity index (χ4n) is 1.86. The molecule has 0 bridgehead atoms. The van der Waals surface area contributed by atoms with E-state index in [-0.39, 0.29) is 31.0 Å². The highest BCUT2D eigenvalue weighted by Gasteiger charge is 2.11. The van der Waals surface area contributed by atoms with Crippen LogP contribution in [0, 0.1) is 12.7 Å². The Morgan fingerprint density at radius 3 is 2.71 bits per heavy atom. The van der Waals surface area contributed by atoms with E-state index in [0.29, 0.717) is 6.42 Å². The lowest BCUT2D eigenvalue weighted by Gasteiger charge is -2.08. The smallest absolute Gasteiger partial charge is 0.305 e. The normalized spacial score (nSPS) is 11.4. The standard InChI is InChI=1S/C14H20FNO4S/c1-11-10-13(15)6-5-12(11)7-8-16-21(18,19)9-3-4-14(17)20-2/h5-6,10,16H,3-4,7-9H2,1-2H3. The van der Waals surface area contributed by atoms with Gasteiger partial charge in [-0.15, -0.1) is 0 Å². The van der Waals surface area contributed by atoms with Crippen molar-refractivity contribution in [2.45, 2.75) is 26.2 Å². The molecule has 0 radical (unpaired) electrons. The van der Waals surface area contributed by atoms with E-state index in [1.807, 2.05) is 0 Å². The molecular weight excluding hydrogens is 297 g/mol. The Hall–Kier alpha value is -1.47. The number of hydrogen-bond acceptors (Lipinski definition) is 4. The molecule has 0 atom stereocenters. The first-order valence-electron chi connectivity index (χ1n) is 6.63. The Morgan fingerprint density at radius 1 is 1.38 bits per heavy atom. The molecule has 0 heterocycles. The molecule has 0 aliphatic carbocycles. The summed E-state index contributed by atoms with van der Waals surface area (Å²) in [5.41, 5.74) is 1.69. The fraction of sp³-hybridized carbons (Fsp3) is 0.500. The Balaban J connectivity index is 2.38. The van der Waals surface area contributed by atoms with Crippen LogP contribution in [0.1, 0.15) is 24.0 Å². The summed E-state index contributed by atoms with van der Waals surface area (Å²) in [7, 11) is -2.14. The number of esters is 1. The van der Waals surface area contributed by atoms with Crippen LogP contribution in [-0.4, -0.2) is 33.8 Å². The second kappa shape index (κ2) is 8.09. The first kappa shape index (κ1) is 17.6. The Bertz CT molecular complexity index is 587. The highest BCUT2D eigenvalue weighted by molar-refractivity contribution is 7.89. The minimum Gasteiger partial charge on any atom is -0.469 e. The van der Waals surface area contributed by atoms with Crippen LogP contribution in [-0.2, 0) is 26.0 Å². The maximum atomic E-state index is 12.9. The minimum atomic E-state index is -3.41. The van der Waals surface area contributed by atoms with E-state index in [0.717, 1.165) is 11.1 Å². The maximum Gasteiger partial charge on any atom is 0.305 e. The molecule has 1 N–H and O–H groups in total. The van der Waals surface area contributed by atoms with Gasteiger partial charge >= 0.3 is 5.97 Å². The topological polar surface area (TPSA) is 72.5 Å². The summed E-state index contributed by atoms with van der Waals surface area (Å²) in [6.45, 7) is 2.02. The minimum absolute atomic E-state index is 0.0779. The molecule has 0 aliphatic rings. The lowest BCUT2D eigenvalue weighted by atomic mass is 10.1. The zero-order valence-corrected chi connectivity index (χ0v) is 13.0. The van der Waals surface area contributed by atoms with Crippen LogP contribution in [0.4, 0.5) is 4.39 Å². The third kappa shape index (κ3) is 6.68. The lowest BCUT2D eigenvalue weighted by molar-refractivity contribution is -0.140. The molecule has 21 heavy (non-hydrogen) atoms. The van der Waals surface area contributed by atoms with Crippen LogP contribution in [0.15, 0.2) is 18.2 Å². The summed E-state index contributed by atoms with van der Waals surface area (Å²) in [4.78, 5) is 10.9. The quantitative estimate of drug-likeness (QED) is 0.738. The van der Waals surface area contributed by atoms with E-state index >= 15 is 0 Å². The molecule has 0 aromatic heterocycles. The van der Waals surface area contributed by atoms with Gasteiger partial charge in [0.25, 0.3) is 0 Å². The number of carbonyl (C=O) groups excluding carboxylic acids is 1. The zero-order valence-electron chi connectivity index (χ0n) is 12.2. The molecule has 1 aromatic carbocycles. The molecule has 0 aliphatic heterocycles. The van der Waals surface area contributed by atoms with Crippen LogP contribution in [0.5, 0.6) is 0 Å². The summed E-state index contributed by atoms with van der Waals surface area (Å²) in [5, 5.41) is 0. The number of aryl methyl sites for hydroxylation is 1. The number of nitrogens with one attached hydrogen (secondary N) is 1. The van der Waals surface area contributed by atoms with Crippen molar-refractivity contribution in [3.8, 4) is 0 Å². The maximum absolute atomic E-state index is 12.9. The molecule has 5 nitrogen and oxygen atoms in total. The Morgan fingerprint density at radius 2 is 2.10 bits per heavy atom. The number of carbonyl (C=O) groups is 1. The van der Waals surface area contributed by atoms with Crippen molar-refractivity contribution in [3.05, 3.63) is 35.1 Å². The van der Waals surface area contributed by atoms with E-state index in [1.165, 1.54) is 19.2 Å². The number of hydrogen-bond donors (Lipinski definition) is 1. The molecule has 0 amide bonds. The molecule has 7 heteroatoms. The van der Waals surface area contributed by atoms with Gasteiger partial charge in [0.15, 0.2) is 0 Å². The van der Waals surface area contributed by atoms with E-state index < -0.39 is 16.0 Å². The van der Waals surface area contributed by atoms with Gasteiger partial charge in [-0.2, -0.15) is 0 Å². The van der Waals surface area contributed by atoms with Crippen molar-refractivity contribution in [3.63, 3.8) is 0 Å². The Kier molecular flexibility index (Phi) is 6.77. The van der Waals surface area contributed by atoms with Crippen LogP contribution >= 0.6 is 0 Å². The van der Waals surface area contributed by atoms with Gasteiger partial charge in [-0.1, -0.05) is 6.07 Å². The summed E-state index contributed by atoms with van der Waals surface area (Å²) < 4.78 is 43.3. The summed E-state index contributed by atoms with van der Waals surface area (Å²) in [5.74, 6) is -0.850. The van der Waals surface area contributed by atoms with E-state index in [9.17, 15) is 17.6 Å². The van der Waals surface area contributed by atoms with Gasteiger partial charge in [-0.3, -0.25) is 4.79 Å². The highest BCUT2D eigenvalue weighted by Crippen LogP contribution is 2.10. The highest BCUT2D eigenvalue weighted by atomic mass is 32.2. The van der Waals surface area contributed by atoms with Crippen molar-refractivity contribution in [1.82, 2.24) is 4.72 Å². The van der Waals surface area contributed by atoms with Gasteiger partial charge in [-0.05, 0) is 43.0 Å². The molecule has 1 aromatic rings. The predicted molar refractivity (Wildman–Crippen MR) is 77.9 cm³/mol. The second-order valence-corrected chi connectivity index (χ2v) is 6.64. The first-order chi connectivity index (χ1) is 9.84. The average Bonchev–Trinajstić information content (AvgIpc) is 2.40. The molecule has 118 valence electrons. The molecule has 0 fully saturated rings. The fourth-order valence-corrected chi connectivity index (χ4v) is 2.94. The van der Waals surface area contributed by atoms with E-state index in [2.05, 4.69) is 9.46 Å². The third-order valence-electron chi connectivity index (χ3n) is 3.04. The van der Waals surface area contributed by atoms with Gasteiger partial charge in [0.1, 0.15) is 5.82 Å². The van der Waals surface area contributed by atoms with Gasteiger partial charge in [0.05, 0.1) is 12.9 Å². The van der Waals surface area contributed by atoms with Crippen LogP contribution in [0.3, 0.4) is 0 Å². The van der Waals surface area contributed by atoms with Crippen LogP contribution in [0.2, 0.25) is 0 Å². The van der Waals surface area contributed by atoms with E-state index in [4.69, 9.17) is 0 Å². The van der Waals surface area contributed by atoms with Crippen molar-refractivity contribution >= 4 is 16.0 Å². The summed E-state index contributed by atoms with van der Waals surface area (Å²) in [6.07, 6.45) is 0.786. The first-order valence-corrected chi connectivity index (χ1v) is 8.28. The molecule has 0 spiro atoms. The van der Waals surface area contributed by atoms with E-state index in [1.54, 1.807) is 13.0 Å². The number of methoxy groups -OCH3 is 1. The van der Waals surface area contributed by atoms with Crippen molar-refractivity contribution in [2.24, 2.45) is 0 Å². The second-order valence-electron chi connectivity index (χ2n) is 4.71. The number of rotatable bonds is 8. The number of halogens is 1. The van der Waals surface area contributed by atoms with Crippen molar-refractivity contribution in [1.29, 1.82) is 0 Å². The third-order valence-corrected chi connectivity index (χ3v) is 4.51. The van der Waals surface area contributed by atoms with Crippen LogP contribution < -0.4 is 4.72 Å². The largest absolute Gasteiger partial charge is 0.469 e. The lowest BCUT2D eigenvalue weighted by Crippen LogP contribution is -2.28. The monoisotopic (exact) mass is 317 g/mol. The molecular formula is C14H20FNO4S. The molecule has 1 rings (SSSR count). The predicted octanol–water partition coefficient (Wildman–Crippen LogP) is 1.55. The summed E-state index contributed by atoms with van der Waals surface area (Å²) in [6, 6.07) is 4.42. The number of ether oxygens (including phenoxy) is 1. The molecule has 0 saturated heterocycles. The van der Waals surface area contributed by atoms with Crippen molar-refractivity contribution < 1.29 is 22.3 Å². The van der Waals surface area contributed by atoms with Gasteiger partial charge in [0.2, 0.25) is 10.0 Å². The number of sulfonamides is 1.